The molecule has 2 rings (SSSR count). The molecular formula is C17H26N2O7. The molecule has 5 atom stereocenters. The molecule has 1 saturated heterocycles. The van der Waals surface area contributed by atoms with E-state index in [9.17, 15) is 9.90 Å². The SMILES string of the molecule is [2H]N(Cc1ccccn1)C(=O)OC[C@@H]1O[C@H](CO)[C@@H](OC)[C@H](OC)[C@H]1OC. The number of carbonyl (C=O) groups excluding carboxylic acids is 1. The van der Waals surface area contributed by atoms with E-state index in [1.807, 2.05) is 0 Å². The standard InChI is InChI=1S/C17H26N2O7/c1-22-14-12(9-20)26-13(15(23-2)16(14)24-3)10-25-17(21)19-8-11-6-4-5-7-18-11/h4-7,12-16,20H,8-10H2,1-3H3,(H,19,21)/t12-,13+,14-,15+,16+/m1/s1/i/hD. The van der Waals surface area contributed by atoms with Crippen molar-refractivity contribution in [3.63, 3.8) is 0 Å². The zero-order chi connectivity index (χ0) is 19.8. The minimum absolute atomic E-state index is 0.00931. The molecule has 1 aliphatic heterocycles. The van der Waals surface area contributed by atoms with Gasteiger partial charge in [0.05, 0.1) is 18.8 Å². The molecule has 1 aromatic heterocycles. The van der Waals surface area contributed by atoms with Crippen molar-refractivity contribution in [3.8, 4) is 0 Å². The second-order valence-corrected chi connectivity index (χ2v) is 5.71. The van der Waals surface area contributed by atoms with Crippen molar-refractivity contribution in [2.75, 3.05) is 34.5 Å². The van der Waals surface area contributed by atoms with Crippen LogP contribution in [0.4, 0.5) is 4.79 Å². The monoisotopic (exact) mass is 371 g/mol. The van der Waals surface area contributed by atoms with E-state index < -0.39 is 36.6 Å². The van der Waals surface area contributed by atoms with Crippen molar-refractivity contribution in [1.82, 2.24) is 10.3 Å². The first-order valence-corrected chi connectivity index (χ1v) is 8.23. The van der Waals surface area contributed by atoms with Crippen molar-refractivity contribution >= 4 is 6.09 Å². The van der Waals surface area contributed by atoms with Gasteiger partial charge >= 0.3 is 6.09 Å². The highest BCUT2D eigenvalue weighted by Gasteiger charge is 2.47. The molecule has 0 aliphatic carbocycles. The summed E-state index contributed by atoms with van der Waals surface area (Å²) in [5, 5.41) is 10.2. The Labute approximate surface area is 154 Å². The van der Waals surface area contributed by atoms with Gasteiger partial charge in [0.1, 0.15) is 37.1 Å². The zero-order valence-corrected chi connectivity index (χ0v) is 15.1. The van der Waals surface area contributed by atoms with Gasteiger partial charge in [0.2, 0.25) is 0 Å². The maximum absolute atomic E-state index is 12.1. The number of rotatable bonds is 8. The Balaban J connectivity index is 1.96. The molecule has 0 bridgehead atoms. The van der Waals surface area contributed by atoms with Crippen LogP contribution in [0.3, 0.4) is 0 Å². The Morgan fingerprint density at radius 1 is 1.23 bits per heavy atom. The molecule has 0 radical (unpaired) electrons. The molecule has 1 amide bonds. The van der Waals surface area contributed by atoms with Crippen LogP contribution in [0, 0.1) is 0 Å². The molecule has 1 fully saturated rings. The van der Waals surface area contributed by atoms with Crippen molar-refractivity contribution in [3.05, 3.63) is 30.1 Å². The molecule has 0 unspecified atom stereocenters. The van der Waals surface area contributed by atoms with Gasteiger partial charge in [0.15, 0.2) is 1.41 Å². The van der Waals surface area contributed by atoms with Crippen LogP contribution in [0.25, 0.3) is 0 Å². The Morgan fingerprint density at radius 3 is 2.50 bits per heavy atom. The number of methoxy groups -OCH3 is 3. The lowest BCUT2D eigenvalue weighted by Crippen LogP contribution is -2.61. The fraction of sp³-hybridized carbons (Fsp3) is 0.647. The highest BCUT2D eigenvalue weighted by atomic mass is 16.6. The number of hydrogen-bond acceptors (Lipinski definition) is 8. The summed E-state index contributed by atoms with van der Waals surface area (Å²) in [6, 6.07) is 5.23. The van der Waals surface area contributed by atoms with E-state index >= 15 is 0 Å². The van der Waals surface area contributed by atoms with Crippen LogP contribution < -0.4 is 5.31 Å². The van der Waals surface area contributed by atoms with Gasteiger partial charge in [-0.05, 0) is 12.1 Å². The lowest BCUT2D eigenvalue weighted by atomic mass is 9.95. The van der Waals surface area contributed by atoms with Gasteiger partial charge in [0.25, 0.3) is 0 Å². The van der Waals surface area contributed by atoms with Crippen LogP contribution in [0.1, 0.15) is 5.69 Å². The van der Waals surface area contributed by atoms with E-state index in [2.05, 4.69) is 4.98 Å². The number of nitrogens with one attached hydrogen (secondary N) is 1. The highest BCUT2D eigenvalue weighted by Crippen LogP contribution is 2.27. The number of aliphatic hydroxyl groups excluding tert-OH is 1. The van der Waals surface area contributed by atoms with Crippen LogP contribution in [0.15, 0.2) is 24.4 Å². The van der Waals surface area contributed by atoms with Crippen LogP contribution in [0.5, 0.6) is 0 Å². The summed E-state index contributed by atoms with van der Waals surface area (Å²) in [5.74, 6) is 0. The Bertz CT molecular complexity index is 580. The van der Waals surface area contributed by atoms with Crippen molar-refractivity contribution in [2.24, 2.45) is 0 Å². The maximum Gasteiger partial charge on any atom is 0.407 e. The Hall–Kier alpha value is -1.78. The number of aromatic nitrogens is 1. The molecule has 0 aromatic carbocycles. The molecule has 9 heteroatoms. The molecule has 1 aromatic rings. The number of amides is 1. The first kappa shape index (κ1) is 19.0. The minimum Gasteiger partial charge on any atom is -0.447 e. The molecule has 2 heterocycles. The summed E-state index contributed by atoms with van der Waals surface area (Å²) >= 11 is 0. The van der Waals surface area contributed by atoms with E-state index in [0.717, 1.165) is 0 Å². The van der Waals surface area contributed by atoms with E-state index in [4.69, 9.17) is 25.1 Å². The third-order valence-corrected chi connectivity index (χ3v) is 4.19. The Kier molecular flexibility index (Phi) is 7.59. The number of pyridine rings is 1. The number of hydrogen-bond donors (Lipinski definition) is 2. The fourth-order valence-corrected chi connectivity index (χ4v) is 2.95. The second-order valence-electron chi connectivity index (χ2n) is 5.71. The zero-order valence-electron chi connectivity index (χ0n) is 16.1. The van der Waals surface area contributed by atoms with Crippen molar-refractivity contribution < 1.29 is 35.0 Å². The number of alkyl carbamates (subject to hydrolysis) is 1. The number of nitrogens with zero attached hydrogens (tertiary/aromatic N) is 1. The third-order valence-electron chi connectivity index (χ3n) is 4.19. The lowest BCUT2D eigenvalue weighted by Gasteiger charge is -2.44. The summed E-state index contributed by atoms with van der Waals surface area (Å²) < 4.78 is 35.0. The second kappa shape index (κ2) is 10.4. The van der Waals surface area contributed by atoms with E-state index in [-0.39, 0.29) is 19.8 Å². The fourth-order valence-electron chi connectivity index (χ4n) is 2.95. The van der Waals surface area contributed by atoms with Gasteiger partial charge < -0.3 is 34.1 Å². The lowest BCUT2D eigenvalue weighted by molar-refractivity contribution is -0.253. The van der Waals surface area contributed by atoms with Crippen molar-refractivity contribution in [2.45, 2.75) is 37.1 Å². The first-order chi connectivity index (χ1) is 13.0. The molecule has 1 aliphatic rings. The summed E-state index contributed by atoms with van der Waals surface area (Å²) in [6.45, 7) is -0.462. The average molecular weight is 371 g/mol. The van der Waals surface area contributed by atoms with E-state index in [0.29, 0.717) is 11.0 Å². The predicted molar refractivity (Wildman–Crippen MR) is 90.6 cm³/mol. The van der Waals surface area contributed by atoms with Gasteiger partial charge in [-0.2, -0.15) is 0 Å². The quantitative estimate of drug-likeness (QED) is 0.663. The van der Waals surface area contributed by atoms with E-state index in [1.165, 1.54) is 21.3 Å². The molecule has 2 N–H and O–H groups in total. The van der Waals surface area contributed by atoms with Crippen LogP contribution in [-0.2, 0) is 30.2 Å². The largest absolute Gasteiger partial charge is 0.447 e. The normalized spacial score (nSPS) is 29.1. The molecule has 0 saturated carbocycles. The van der Waals surface area contributed by atoms with Crippen LogP contribution in [0.2, 0.25) is 1.41 Å². The molecule has 0 spiro atoms. The van der Waals surface area contributed by atoms with Gasteiger partial charge in [-0.15, -0.1) is 0 Å². The van der Waals surface area contributed by atoms with Gasteiger partial charge in [-0.1, -0.05) is 6.07 Å². The summed E-state index contributed by atoms with van der Waals surface area (Å²) in [4.78, 5) is 16.2. The van der Waals surface area contributed by atoms with Crippen LogP contribution >= 0.6 is 0 Å². The highest BCUT2D eigenvalue weighted by molar-refractivity contribution is 5.67. The molecule has 146 valence electrons. The number of ether oxygens (including phenoxy) is 5. The number of aliphatic hydroxyl groups is 1. The average Bonchev–Trinajstić information content (AvgIpc) is 2.70. The van der Waals surface area contributed by atoms with E-state index in [1.54, 1.807) is 24.4 Å². The minimum atomic E-state index is -0.845. The smallest absolute Gasteiger partial charge is 0.407 e. The molecule has 9 nitrogen and oxygen atoms in total. The predicted octanol–water partition coefficient (Wildman–Crippen LogP) is 0.113. The third kappa shape index (κ3) is 5.12. The van der Waals surface area contributed by atoms with Gasteiger partial charge in [-0.3, -0.25) is 4.98 Å². The summed E-state index contributed by atoms with van der Waals surface area (Å²) in [6.07, 6.45) is -2.23. The molecule has 26 heavy (non-hydrogen) atoms. The van der Waals surface area contributed by atoms with Gasteiger partial charge in [-0.25, -0.2) is 4.79 Å². The van der Waals surface area contributed by atoms with Crippen LogP contribution in [-0.4, -0.2) is 81.2 Å². The number of carbonyl (C=O) groups is 1. The summed E-state index contributed by atoms with van der Waals surface area (Å²) in [5.41, 5.74) is 0.566. The molecular weight excluding hydrogens is 344 g/mol. The van der Waals surface area contributed by atoms with Crippen molar-refractivity contribution in [1.29, 1.82) is 0 Å². The van der Waals surface area contributed by atoms with Gasteiger partial charge in [0, 0.05) is 27.5 Å². The topological polar surface area (TPSA) is 108 Å². The Morgan fingerprint density at radius 2 is 1.92 bits per heavy atom. The first-order valence-electron chi connectivity index (χ1n) is 8.68. The maximum atomic E-state index is 12.1. The summed E-state index contributed by atoms with van der Waals surface area (Å²) in [7, 11) is 4.48.